The summed E-state index contributed by atoms with van der Waals surface area (Å²) in [5.41, 5.74) is -0.140. The molecule has 112 valence electrons. The van der Waals surface area contributed by atoms with Gasteiger partial charge in [-0.25, -0.2) is 0 Å². The van der Waals surface area contributed by atoms with Crippen LogP contribution in [0.5, 0.6) is 5.75 Å². The molecule has 1 aromatic rings. The Morgan fingerprint density at radius 2 is 2.10 bits per heavy atom. The molecular weight excluding hydrogens is 258 g/mol. The van der Waals surface area contributed by atoms with E-state index in [1.807, 2.05) is 0 Å². The Balaban J connectivity index is 2.47. The number of nitrogens with zero attached hydrogens (tertiary/aromatic N) is 1. The number of hydrogen-bond donors (Lipinski definition) is 1. The molecule has 0 radical (unpaired) electrons. The molecule has 0 unspecified atom stereocenters. The molecule has 0 aliphatic rings. The van der Waals surface area contributed by atoms with Gasteiger partial charge >= 0.3 is 5.97 Å². The molecule has 0 aliphatic carbocycles. The molecule has 0 amide bonds. The minimum absolute atomic E-state index is 0.140. The third kappa shape index (κ3) is 5.91. The van der Waals surface area contributed by atoms with Gasteiger partial charge in [0.15, 0.2) is 5.75 Å². The van der Waals surface area contributed by atoms with Gasteiger partial charge in [-0.2, -0.15) is 0 Å². The number of unbranched alkanes of at least 4 members (excludes halogenated alkanes) is 3. The van der Waals surface area contributed by atoms with Crippen molar-refractivity contribution in [3.63, 3.8) is 0 Å². The van der Waals surface area contributed by atoms with Crippen LogP contribution in [0.1, 0.15) is 45.4 Å². The summed E-state index contributed by atoms with van der Waals surface area (Å²) < 4.78 is 7.08. The Labute approximate surface area is 119 Å². The van der Waals surface area contributed by atoms with E-state index in [0.717, 1.165) is 19.3 Å². The Kier molecular flexibility index (Phi) is 7.47. The monoisotopic (exact) mass is 281 g/mol. The maximum atomic E-state index is 12.1. The Morgan fingerprint density at radius 1 is 1.30 bits per heavy atom. The minimum Gasteiger partial charge on any atom is -0.488 e. The van der Waals surface area contributed by atoms with E-state index in [1.165, 1.54) is 0 Å². The van der Waals surface area contributed by atoms with Gasteiger partial charge < -0.3 is 14.4 Å². The van der Waals surface area contributed by atoms with E-state index in [-0.39, 0.29) is 12.0 Å². The van der Waals surface area contributed by atoms with Crippen molar-refractivity contribution >= 4 is 5.97 Å². The SMILES string of the molecule is CCCCCOc1cccn(CCCCC(=O)O)c1=O. The van der Waals surface area contributed by atoms with Crippen LogP contribution < -0.4 is 10.3 Å². The van der Waals surface area contributed by atoms with Gasteiger partial charge in [-0.05, 0) is 31.4 Å². The number of carboxylic acids is 1. The highest BCUT2D eigenvalue weighted by atomic mass is 16.5. The lowest BCUT2D eigenvalue weighted by molar-refractivity contribution is -0.137. The minimum atomic E-state index is -0.801. The van der Waals surface area contributed by atoms with Gasteiger partial charge in [-0.15, -0.1) is 0 Å². The number of pyridine rings is 1. The van der Waals surface area contributed by atoms with Crippen LogP contribution in [0.15, 0.2) is 23.1 Å². The van der Waals surface area contributed by atoms with Gasteiger partial charge in [0.1, 0.15) is 0 Å². The van der Waals surface area contributed by atoms with Crippen molar-refractivity contribution in [2.45, 2.75) is 52.0 Å². The van der Waals surface area contributed by atoms with Crippen LogP contribution in [0.25, 0.3) is 0 Å². The van der Waals surface area contributed by atoms with Crippen molar-refractivity contribution in [1.29, 1.82) is 0 Å². The first-order valence-electron chi connectivity index (χ1n) is 7.19. The van der Waals surface area contributed by atoms with Gasteiger partial charge in [0.25, 0.3) is 5.56 Å². The summed E-state index contributed by atoms with van der Waals surface area (Å²) in [7, 11) is 0. The lowest BCUT2D eigenvalue weighted by Gasteiger charge is -2.09. The smallest absolute Gasteiger partial charge is 0.303 e. The Bertz CT molecular complexity index is 467. The summed E-state index contributed by atoms with van der Waals surface area (Å²) in [5, 5.41) is 8.56. The quantitative estimate of drug-likeness (QED) is 0.669. The average Bonchev–Trinajstić information content (AvgIpc) is 2.42. The summed E-state index contributed by atoms with van der Waals surface area (Å²) in [6.45, 7) is 3.21. The molecule has 1 N–H and O–H groups in total. The van der Waals surface area contributed by atoms with E-state index in [9.17, 15) is 9.59 Å². The second kappa shape index (κ2) is 9.18. The lowest BCUT2D eigenvalue weighted by atomic mass is 10.2. The first-order valence-corrected chi connectivity index (χ1v) is 7.19. The molecule has 0 atom stereocenters. The van der Waals surface area contributed by atoms with Gasteiger partial charge in [0, 0.05) is 19.2 Å². The third-order valence-corrected chi connectivity index (χ3v) is 3.03. The molecule has 20 heavy (non-hydrogen) atoms. The van der Waals surface area contributed by atoms with Crippen LogP contribution in [0.2, 0.25) is 0 Å². The molecule has 0 saturated carbocycles. The number of aromatic nitrogens is 1. The van der Waals surface area contributed by atoms with Crippen LogP contribution in [-0.4, -0.2) is 22.2 Å². The van der Waals surface area contributed by atoms with Crippen LogP contribution in [0.4, 0.5) is 0 Å². The van der Waals surface area contributed by atoms with Crippen molar-refractivity contribution in [1.82, 2.24) is 4.57 Å². The zero-order valence-electron chi connectivity index (χ0n) is 12.0. The molecule has 1 rings (SSSR count). The fraction of sp³-hybridized carbons (Fsp3) is 0.600. The largest absolute Gasteiger partial charge is 0.488 e. The number of aryl methyl sites for hydroxylation is 1. The number of rotatable bonds is 10. The predicted molar refractivity (Wildman–Crippen MR) is 77.2 cm³/mol. The lowest BCUT2D eigenvalue weighted by Crippen LogP contribution is -2.21. The topological polar surface area (TPSA) is 68.5 Å². The number of aliphatic carboxylic acids is 1. The van der Waals surface area contributed by atoms with Crippen molar-refractivity contribution in [2.24, 2.45) is 0 Å². The molecule has 1 aromatic heterocycles. The predicted octanol–water partition coefficient (Wildman–Crippen LogP) is 2.67. The summed E-state index contributed by atoms with van der Waals surface area (Å²) in [6, 6.07) is 3.47. The van der Waals surface area contributed by atoms with E-state index in [4.69, 9.17) is 9.84 Å². The number of hydrogen-bond acceptors (Lipinski definition) is 3. The molecular formula is C15H23NO4. The summed E-state index contributed by atoms with van der Waals surface area (Å²) in [5.74, 6) is -0.424. The first-order chi connectivity index (χ1) is 9.65. The number of carboxylic acid groups (broad SMARTS) is 1. The van der Waals surface area contributed by atoms with Crippen molar-refractivity contribution in [3.05, 3.63) is 28.7 Å². The van der Waals surface area contributed by atoms with E-state index in [0.29, 0.717) is 31.7 Å². The van der Waals surface area contributed by atoms with Crippen molar-refractivity contribution in [2.75, 3.05) is 6.61 Å². The highest BCUT2D eigenvalue weighted by Crippen LogP contribution is 2.05. The molecule has 0 aromatic carbocycles. The van der Waals surface area contributed by atoms with Crippen LogP contribution >= 0.6 is 0 Å². The fourth-order valence-electron chi connectivity index (χ4n) is 1.89. The van der Waals surface area contributed by atoms with Gasteiger partial charge in [0.2, 0.25) is 0 Å². The number of ether oxygens (including phenoxy) is 1. The van der Waals surface area contributed by atoms with E-state index in [2.05, 4.69) is 6.92 Å². The van der Waals surface area contributed by atoms with Gasteiger partial charge in [-0.3, -0.25) is 9.59 Å². The Morgan fingerprint density at radius 3 is 2.80 bits per heavy atom. The maximum Gasteiger partial charge on any atom is 0.303 e. The molecule has 0 bridgehead atoms. The molecule has 1 heterocycles. The van der Waals surface area contributed by atoms with Crippen molar-refractivity contribution < 1.29 is 14.6 Å². The highest BCUT2D eigenvalue weighted by molar-refractivity contribution is 5.66. The van der Waals surface area contributed by atoms with Crippen molar-refractivity contribution in [3.8, 4) is 5.75 Å². The van der Waals surface area contributed by atoms with Crippen LogP contribution in [0, 0.1) is 0 Å². The molecule has 0 fully saturated rings. The molecule has 5 heteroatoms. The van der Waals surface area contributed by atoms with E-state index >= 15 is 0 Å². The van der Waals surface area contributed by atoms with Gasteiger partial charge in [-0.1, -0.05) is 19.8 Å². The van der Waals surface area contributed by atoms with Gasteiger partial charge in [0.05, 0.1) is 6.61 Å². The molecule has 0 saturated heterocycles. The summed E-state index contributed by atoms with van der Waals surface area (Å²) >= 11 is 0. The molecule has 0 spiro atoms. The molecule has 5 nitrogen and oxygen atoms in total. The normalized spacial score (nSPS) is 10.4. The average molecular weight is 281 g/mol. The summed E-state index contributed by atoms with van der Waals surface area (Å²) in [4.78, 5) is 22.5. The second-order valence-corrected chi connectivity index (χ2v) is 4.78. The highest BCUT2D eigenvalue weighted by Gasteiger charge is 2.04. The van der Waals surface area contributed by atoms with E-state index < -0.39 is 5.97 Å². The standard InChI is InChI=1S/C15H23NO4/c1-2-3-6-12-20-13-8-7-11-16(15(13)19)10-5-4-9-14(17)18/h7-8,11H,2-6,9-10,12H2,1H3,(H,17,18). The fourth-order valence-corrected chi connectivity index (χ4v) is 1.89. The van der Waals surface area contributed by atoms with Crippen LogP contribution in [-0.2, 0) is 11.3 Å². The zero-order valence-corrected chi connectivity index (χ0v) is 12.0. The number of carbonyl (C=O) groups is 1. The maximum absolute atomic E-state index is 12.1. The third-order valence-electron chi connectivity index (χ3n) is 3.03. The second-order valence-electron chi connectivity index (χ2n) is 4.78. The zero-order chi connectivity index (χ0) is 14.8. The first kappa shape index (κ1) is 16.3. The summed E-state index contributed by atoms with van der Waals surface area (Å²) in [6.07, 6.45) is 6.25. The Hall–Kier alpha value is -1.78. The molecule has 0 aliphatic heterocycles. The van der Waals surface area contributed by atoms with E-state index in [1.54, 1.807) is 22.9 Å². The van der Waals surface area contributed by atoms with Crippen LogP contribution in [0.3, 0.4) is 0 Å².